The zero-order chi connectivity index (χ0) is 22.8. The van der Waals surface area contributed by atoms with Crippen molar-refractivity contribution in [2.45, 2.75) is 38.7 Å². The van der Waals surface area contributed by atoms with Crippen molar-refractivity contribution in [1.29, 1.82) is 0 Å². The molecule has 1 aromatic carbocycles. The van der Waals surface area contributed by atoms with E-state index in [1.165, 1.54) is 13.2 Å². The molecule has 0 saturated heterocycles. The highest BCUT2D eigenvalue weighted by molar-refractivity contribution is 6.22. The lowest BCUT2D eigenvalue weighted by molar-refractivity contribution is -0.148. The fourth-order valence-electron chi connectivity index (χ4n) is 5.96. The molecule has 0 unspecified atom stereocenters. The van der Waals surface area contributed by atoms with Gasteiger partial charge in [-0.3, -0.25) is 14.4 Å². The highest BCUT2D eigenvalue weighted by Crippen LogP contribution is 2.60. The third-order valence-electron chi connectivity index (χ3n) is 7.38. The second kappa shape index (κ2) is 6.95. The number of phenolic OH excluding ortho intramolecular Hbond substituents is 1. The van der Waals surface area contributed by atoms with E-state index in [1.807, 2.05) is 6.92 Å². The molecule has 1 saturated carbocycles. The van der Waals surface area contributed by atoms with Crippen LogP contribution in [0.3, 0.4) is 0 Å². The van der Waals surface area contributed by atoms with Crippen LogP contribution in [0.15, 0.2) is 35.1 Å². The van der Waals surface area contributed by atoms with Gasteiger partial charge in [-0.2, -0.15) is 0 Å². The summed E-state index contributed by atoms with van der Waals surface area (Å²) in [4.78, 5) is 38.6. The molecule has 0 bridgehead atoms. The Morgan fingerprint density at radius 3 is 2.52 bits per heavy atom. The molecule has 31 heavy (non-hydrogen) atoms. The lowest BCUT2D eigenvalue weighted by atomic mass is 9.50. The van der Waals surface area contributed by atoms with Gasteiger partial charge in [0.25, 0.3) is 5.91 Å². The third kappa shape index (κ3) is 2.48. The number of hydrogen-bond donors (Lipinski definition) is 4. The van der Waals surface area contributed by atoms with Crippen LogP contribution in [0.4, 0.5) is 0 Å². The Hall–Kier alpha value is -3.13. The van der Waals surface area contributed by atoms with Gasteiger partial charge in [0.05, 0.1) is 17.1 Å². The summed E-state index contributed by atoms with van der Waals surface area (Å²) < 4.78 is 5.80. The highest BCUT2D eigenvalue weighted by Gasteiger charge is 2.64. The normalized spacial score (nSPS) is 32.5. The van der Waals surface area contributed by atoms with Crippen molar-refractivity contribution in [1.82, 2.24) is 0 Å². The molecule has 1 amide bonds. The quantitative estimate of drug-likeness (QED) is 0.541. The van der Waals surface area contributed by atoms with Crippen LogP contribution in [0.2, 0.25) is 0 Å². The number of aliphatic hydroxyl groups excluding tert-OH is 2. The SMILES string of the molecule is CC[C@]12C(=O)C3=C(O)c4c(O)cccc4[C@H](C)[C@H]3[C@@H](OC)[C@H]1CC(=O)C(C(N)=O)=C2O. The summed E-state index contributed by atoms with van der Waals surface area (Å²) in [6, 6.07) is 4.84. The minimum atomic E-state index is -1.64. The summed E-state index contributed by atoms with van der Waals surface area (Å²) in [6.07, 6.45) is -0.830. The number of aliphatic hydroxyl groups is 2. The van der Waals surface area contributed by atoms with Crippen molar-refractivity contribution < 1.29 is 34.4 Å². The number of aromatic hydroxyl groups is 1. The first-order valence-electron chi connectivity index (χ1n) is 10.2. The standard InChI is InChI=1S/C23H25NO7/c1-4-23-11(8-13(26)16(20(23)28)22(24)30)19(31-3)14-9(2)10-6-5-7-12(25)15(10)18(27)17(14)21(23)29/h5-7,9,11,14,19,25,27-28H,4,8H2,1-3H3,(H2,24,30)/t9-,11+,14+,19-,23-/m0/s1. The second-order valence-corrected chi connectivity index (χ2v) is 8.49. The molecule has 0 aromatic heterocycles. The van der Waals surface area contributed by atoms with Crippen molar-refractivity contribution in [2.75, 3.05) is 7.11 Å². The molecule has 0 aliphatic heterocycles. The minimum absolute atomic E-state index is 0.0242. The van der Waals surface area contributed by atoms with Gasteiger partial charge in [-0.25, -0.2) is 0 Å². The zero-order valence-corrected chi connectivity index (χ0v) is 17.5. The second-order valence-electron chi connectivity index (χ2n) is 8.49. The third-order valence-corrected chi connectivity index (χ3v) is 7.38. The Labute approximate surface area is 179 Å². The van der Waals surface area contributed by atoms with Crippen LogP contribution in [0.25, 0.3) is 5.76 Å². The first-order chi connectivity index (χ1) is 14.6. The molecule has 8 nitrogen and oxygen atoms in total. The topological polar surface area (TPSA) is 147 Å². The number of amides is 1. The summed E-state index contributed by atoms with van der Waals surface area (Å²) in [5.74, 6) is -5.19. The molecular formula is C23H25NO7. The number of benzene rings is 1. The number of phenols is 1. The number of ketones is 2. The summed E-state index contributed by atoms with van der Waals surface area (Å²) in [6.45, 7) is 3.53. The molecule has 3 aliphatic rings. The van der Waals surface area contributed by atoms with E-state index in [9.17, 15) is 29.7 Å². The van der Waals surface area contributed by atoms with Gasteiger partial charge in [-0.05, 0) is 24.0 Å². The maximum Gasteiger partial charge on any atom is 0.255 e. The Balaban J connectivity index is 2.07. The number of carbonyl (C=O) groups is 3. The Morgan fingerprint density at radius 2 is 1.94 bits per heavy atom. The van der Waals surface area contributed by atoms with E-state index in [4.69, 9.17) is 10.5 Å². The van der Waals surface area contributed by atoms with Crippen molar-refractivity contribution in [2.24, 2.45) is 23.0 Å². The van der Waals surface area contributed by atoms with Gasteiger partial charge in [0.1, 0.15) is 22.8 Å². The molecule has 3 aliphatic carbocycles. The van der Waals surface area contributed by atoms with Crippen LogP contribution < -0.4 is 5.73 Å². The van der Waals surface area contributed by atoms with E-state index in [0.29, 0.717) is 5.56 Å². The van der Waals surface area contributed by atoms with Crippen molar-refractivity contribution >= 4 is 23.2 Å². The number of fused-ring (bicyclic) bond motifs is 3. The molecule has 0 heterocycles. The predicted molar refractivity (Wildman–Crippen MR) is 110 cm³/mol. The number of rotatable bonds is 3. The number of nitrogens with two attached hydrogens (primary N) is 1. The summed E-state index contributed by atoms with van der Waals surface area (Å²) >= 11 is 0. The molecule has 5 N–H and O–H groups in total. The van der Waals surface area contributed by atoms with Gasteiger partial charge in [0, 0.05) is 30.9 Å². The van der Waals surface area contributed by atoms with Gasteiger partial charge in [0.2, 0.25) is 0 Å². The molecule has 4 rings (SSSR count). The van der Waals surface area contributed by atoms with Gasteiger partial charge in [-0.1, -0.05) is 26.0 Å². The smallest absolute Gasteiger partial charge is 0.255 e. The maximum absolute atomic E-state index is 14.0. The number of allylic oxidation sites excluding steroid dienone is 1. The largest absolute Gasteiger partial charge is 0.510 e. The molecule has 1 fully saturated rings. The number of ether oxygens (including phenoxy) is 1. The van der Waals surface area contributed by atoms with Crippen molar-refractivity contribution in [3.8, 4) is 5.75 Å². The highest BCUT2D eigenvalue weighted by atomic mass is 16.5. The van der Waals surface area contributed by atoms with Gasteiger partial charge in [0.15, 0.2) is 11.6 Å². The lowest BCUT2D eigenvalue weighted by Gasteiger charge is -2.53. The molecule has 164 valence electrons. The van der Waals surface area contributed by atoms with E-state index in [0.717, 1.165) is 0 Å². The van der Waals surface area contributed by atoms with Crippen molar-refractivity contribution in [3.05, 3.63) is 46.2 Å². The number of carbonyl (C=O) groups excluding carboxylic acids is 3. The number of Topliss-reactive ketones (excluding diaryl/α,β-unsaturated/α-hetero) is 2. The van der Waals surface area contributed by atoms with Crippen LogP contribution >= 0.6 is 0 Å². The first kappa shape index (κ1) is 21.1. The molecular weight excluding hydrogens is 402 g/mol. The number of primary amides is 1. The van der Waals surface area contributed by atoms with E-state index in [-0.39, 0.29) is 41.4 Å². The average molecular weight is 427 g/mol. The van der Waals surface area contributed by atoms with E-state index < -0.39 is 52.2 Å². The van der Waals surface area contributed by atoms with Crippen LogP contribution in [0, 0.1) is 17.3 Å². The molecule has 1 aromatic rings. The van der Waals surface area contributed by atoms with E-state index in [2.05, 4.69) is 0 Å². The molecule has 5 atom stereocenters. The Bertz CT molecular complexity index is 1090. The Kier molecular flexibility index (Phi) is 4.73. The fraction of sp³-hybridized carbons (Fsp3) is 0.435. The van der Waals surface area contributed by atoms with Crippen LogP contribution in [0.5, 0.6) is 5.75 Å². The molecule has 0 radical (unpaired) electrons. The number of hydrogen-bond acceptors (Lipinski definition) is 7. The van der Waals surface area contributed by atoms with Crippen LogP contribution in [-0.4, -0.2) is 46.0 Å². The number of methoxy groups -OCH3 is 1. The summed E-state index contributed by atoms with van der Waals surface area (Å²) in [7, 11) is 1.45. The van der Waals surface area contributed by atoms with Crippen LogP contribution in [0.1, 0.15) is 43.7 Å². The zero-order valence-electron chi connectivity index (χ0n) is 17.5. The average Bonchev–Trinajstić information content (AvgIpc) is 2.71. The minimum Gasteiger partial charge on any atom is -0.510 e. The van der Waals surface area contributed by atoms with Crippen molar-refractivity contribution in [3.63, 3.8) is 0 Å². The first-order valence-corrected chi connectivity index (χ1v) is 10.2. The molecule has 8 heteroatoms. The summed E-state index contributed by atoms with van der Waals surface area (Å²) in [5.41, 5.74) is 3.98. The van der Waals surface area contributed by atoms with Gasteiger partial charge in [-0.15, -0.1) is 0 Å². The van der Waals surface area contributed by atoms with Gasteiger partial charge >= 0.3 is 0 Å². The maximum atomic E-state index is 14.0. The monoisotopic (exact) mass is 427 g/mol. The van der Waals surface area contributed by atoms with E-state index in [1.54, 1.807) is 19.1 Å². The lowest BCUT2D eigenvalue weighted by Crippen LogP contribution is -2.59. The van der Waals surface area contributed by atoms with Gasteiger partial charge < -0.3 is 25.8 Å². The van der Waals surface area contributed by atoms with E-state index >= 15 is 0 Å². The fourth-order valence-corrected chi connectivity index (χ4v) is 5.96. The Morgan fingerprint density at radius 1 is 1.26 bits per heavy atom. The molecule has 0 spiro atoms. The summed E-state index contributed by atoms with van der Waals surface area (Å²) in [5, 5.41) is 32.6. The van der Waals surface area contributed by atoms with Crippen LogP contribution in [-0.2, 0) is 19.1 Å². The predicted octanol–water partition coefficient (Wildman–Crippen LogP) is 2.28.